The number of nitro benzene ring substituents is 1. The highest BCUT2D eigenvalue weighted by Gasteiger charge is 2.19. The fourth-order valence-corrected chi connectivity index (χ4v) is 1.73. The minimum atomic E-state index is -0.522. The highest BCUT2D eigenvalue weighted by Crippen LogP contribution is 2.17. The van der Waals surface area contributed by atoms with E-state index in [1.807, 2.05) is 0 Å². The number of hydrogen-bond donors (Lipinski definition) is 2. The van der Waals surface area contributed by atoms with Crippen LogP contribution in [0, 0.1) is 10.1 Å². The van der Waals surface area contributed by atoms with Crippen LogP contribution >= 0.6 is 0 Å². The van der Waals surface area contributed by atoms with Gasteiger partial charge >= 0.3 is 6.03 Å². The van der Waals surface area contributed by atoms with E-state index in [2.05, 4.69) is 10.7 Å². The van der Waals surface area contributed by atoms with Crippen molar-refractivity contribution in [3.8, 4) is 5.75 Å². The summed E-state index contributed by atoms with van der Waals surface area (Å²) in [6, 6.07) is 5.01. The minimum absolute atomic E-state index is 0.0585. The Morgan fingerprint density at radius 3 is 2.76 bits per heavy atom. The van der Waals surface area contributed by atoms with Gasteiger partial charge in [0.25, 0.3) is 11.6 Å². The molecule has 0 saturated carbocycles. The van der Waals surface area contributed by atoms with E-state index < -0.39 is 10.8 Å². The molecule has 1 saturated heterocycles. The van der Waals surface area contributed by atoms with Gasteiger partial charge in [0.05, 0.1) is 4.92 Å². The third-order valence-electron chi connectivity index (χ3n) is 2.76. The number of non-ortho nitro benzene ring substituents is 1. The largest absolute Gasteiger partial charge is 0.484 e. The Balaban J connectivity index is 1.80. The Morgan fingerprint density at radius 1 is 1.43 bits per heavy atom. The molecule has 112 valence electrons. The molecular weight excluding hydrogens is 280 g/mol. The maximum atomic E-state index is 11.6. The van der Waals surface area contributed by atoms with Crippen LogP contribution in [-0.4, -0.2) is 41.6 Å². The van der Waals surface area contributed by atoms with E-state index in [9.17, 15) is 19.7 Å². The highest BCUT2D eigenvalue weighted by atomic mass is 16.6. The number of carbonyl (C=O) groups is 2. The molecule has 2 rings (SSSR count). The summed E-state index contributed by atoms with van der Waals surface area (Å²) in [4.78, 5) is 33.0. The number of ether oxygens (including phenoxy) is 1. The Kier molecular flexibility index (Phi) is 4.54. The predicted octanol–water partition coefficient (Wildman–Crippen LogP) is 0.420. The molecule has 21 heavy (non-hydrogen) atoms. The van der Waals surface area contributed by atoms with Crippen LogP contribution in [0.3, 0.4) is 0 Å². The molecule has 1 aliphatic rings. The molecule has 1 heterocycles. The quantitative estimate of drug-likeness (QED) is 0.603. The van der Waals surface area contributed by atoms with Crippen LogP contribution in [0.2, 0.25) is 0 Å². The maximum Gasteiger partial charge on any atom is 0.336 e. The molecule has 0 aromatic heterocycles. The van der Waals surface area contributed by atoms with E-state index in [-0.39, 0.29) is 18.3 Å². The van der Waals surface area contributed by atoms with Gasteiger partial charge in [-0.1, -0.05) is 0 Å². The first-order valence-electron chi connectivity index (χ1n) is 6.28. The average Bonchev–Trinajstić information content (AvgIpc) is 2.48. The molecule has 2 N–H and O–H groups in total. The summed E-state index contributed by atoms with van der Waals surface area (Å²) in [5.41, 5.74) is 2.36. The van der Waals surface area contributed by atoms with Crippen molar-refractivity contribution in [1.29, 1.82) is 0 Å². The fraction of sp³-hybridized carbons (Fsp3) is 0.333. The van der Waals surface area contributed by atoms with E-state index in [0.717, 1.165) is 6.42 Å². The fourth-order valence-electron chi connectivity index (χ4n) is 1.73. The van der Waals surface area contributed by atoms with Gasteiger partial charge in [-0.2, -0.15) is 0 Å². The summed E-state index contributed by atoms with van der Waals surface area (Å²) < 4.78 is 5.19. The normalized spacial score (nSPS) is 14.3. The van der Waals surface area contributed by atoms with Crippen LogP contribution in [-0.2, 0) is 4.79 Å². The minimum Gasteiger partial charge on any atom is -0.484 e. The first-order chi connectivity index (χ1) is 10.1. The number of urea groups is 1. The van der Waals surface area contributed by atoms with Gasteiger partial charge in [-0.15, -0.1) is 0 Å². The molecule has 0 atom stereocenters. The first kappa shape index (κ1) is 14.6. The smallest absolute Gasteiger partial charge is 0.336 e. The van der Waals surface area contributed by atoms with Crippen molar-refractivity contribution in [2.24, 2.45) is 0 Å². The summed E-state index contributed by atoms with van der Waals surface area (Å²) >= 11 is 0. The van der Waals surface area contributed by atoms with E-state index in [4.69, 9.17) is 4.74 Å². The third-order valence-corrected chi connectivity index (χ3v) is 2.76. The van der Waals surface area contributed by atoms with E-state index in [0.29, 0.717) is 18.8 Å². The lowest BCUT2D eigenvalue weighted by Crippen LogP contribution is -2.55. The van der Waals surface area contributed by atoms with Gasteiger partial charge in [-0.05, 0) is 18.6 Å². The second kappa shape index (κ2) is 6.55. The second-order valence-electron chi connectivity index (χ2n) is 4.31. The summed E-state index contributed by atoms with van der Waals surface area (Å²) in [6.45, 7) is 0.737. The molecule has 0 spiro atoms. The van der Waals surface area contributed by atoms with Crippen molar-refractivity contribution >= 4 is 17.6 Å². The number of nitrogens with zero attached hydrogens (tertiary/aromatic N) is 2. The number of hydrogen-bond acceptors (Lipinski definition) is 5. The Labute approximate surface area is 120 Å². The Morgan fingerprint density at radius 2 is 2.14 bits per heavy atom. The molecule has 1 fully saturated rings. The van der Waals surface area contributed by atoms with Crippen molar-refractivity contribution < 1.29 is 19.2 Å². The van der Waals surface area contributed by atoms with Gasteiger partial charge in [0.2, 0.25) is 0 Å². The van der Waals surface area contributed by atoms with Crippen LogP contribution in [0.5, 0.6) is 5.75 Å². The van der Waals surface area contributed by atoms with E-state index in [1.165, 1.54) is 29.3 Å². The number of hydrazine groups is 1. The van der Waals surface area contributed by atoms with Crippen molar-refractivity contribution in [2.75, 3.05) is 19.7 Å². The van der Waals surface area contributed by atoms with Crippen LogP contribution < -0.4 is 15.5 Å². The summed E-state index contributed by atoms with van der Waals surface area (Å²) in [5, 5.41) is 14.3. The van der Waals surface area contributed by atoms with Gasteiger partial charge < -0.3 is 10.1 Å². The lowest BCUT2D eigenvalue weighted by Gasteiger charge is -2.27. The molecule has 1 aliphatic heterocycles. The average molecular weight is 294 g/mol. The zero-order chi connectivity index (χ0) is 15.2. The van der Waals surface area contributed by atoms with Gasteiger partial charge in [-0.3, -0.25) is 20.3 Å². The van der Waals surface area contributed by atoms with Crippen LogP contribution in [0.15, 0.2) is 24.3 Å². The number of nitro groups is 1. The Hall–Kier alpha value is -2.84. The molecule has 0 radical (unpaired) electrons. The second-order valence-corrected chi connectivity index (χ2v) is 4.31. The first-order valence-corrected chi connectivity index (χ1v) is 6.28. The predicted molar refractivity (Wildman–Crippen MR) is 71.5 cm³/mol. The molecule has 1 aromatic carbocycles. The lowest BCUT2D eigenvalue weighted by atomic mass is 10.3. The monoisotopic (exact) mass is 294 g/mol. The zero-order valence-electron chi connectivity index (χ0n) is 11.1. The van der Waals surface area contributed by atoms with Crippen LogP contribution in [0.4, 0.5) is 10.5 Å². The Bertz CT molecular complexity index is 545. The number of rotatable bonds is 5. The highest BCUT2D eigenvalue weighted by molar-refractivity contribution is 5.82. The van der Waals surface area contributed by atoms with Crippen molar-refractivity contribution in [1.82, 2.24) is 15.8 Å². The SMILES string of the molecule is O=C(COc1ccc([N+](=O)[O-])cc1)NN1CCCNC1=O. The maximum absolute atomic E-state index is 11.6. The molecule has 0 unspecified atom stereocenters. The summed E-state index contributed by atoms with van der Waals surface area (Å²) in [7, 11) is 0. The third kappa shape index (κ3) is 4.06. The summed E-state index contributed by atoms with van der Waals surface area (Å²) in [5.74, 6) is -0.149. The number of carbonyl (C=O) groups excluding carboxylic acids is 2. The van der Waals surface area contributed by atoms with Crippen molar-refractivity contribution in [3.05, 3.63) is 34.4 Å². The standard InChI is InChI=1S/C12H14N4O5/c17-11(14-15-7-1-6-13-12(15)18)8-21-10-4-2-9(3-5-10)16(19)20/h2-5H,1,6-8H2,(H,13,18)(H,14,17). The molecule has 0 bridgehead atoms. The summed E-state index contributed by atoms with van der Waals surface area (Å²) in [6.07, 6.45) is 0.745. The van der Waals surface area contributed by atoms with Gasteiger partial charge in [0.1, 0.15) is 5.75 Å². The van der Waals surface area contributed by atoms with E-state index in [1.54, 1.807) is 0 Å². The van der Waals surface area contributed by atoms with Gasteiger partial charge in [-0.25, -0.2) is 9.80 Å². The molecule has 1 aromatic rings. The molecule has 3 amide bonds. The molecular formula is C12H14N4O5. The van der Waals surface area contributed by atoms with Crippen molar-refractivity contribution in [3.63, 3.8) is 0 Å². The topological polar surface area (TPSA) is 114 Å². The lowest BCUT2D eigenvalue weighted by molar-refractivity contribution is -0.384. The number of benzene rings is 1. The number of amides is 3. The van der Waals surface area contributed by atoms with Crippen molar-refractivity contribution in [2.45, 2.75) is 6.42 Å². The van der Waals surface area contributed by atoms with Gasteiger partial charge in [0, 0.05) is 25.2 Å². The van der Waals surface area contributed by atoms with Crippen LogP contribution in [0.25, 0.3) is 0 Å². The van der Waals surface area contributed by atoms with Crippen LogP contribution in [0.1, 0.15) is 6.42 Å². The zero-order valence-corrected chi connectivity index (χ0v) is 11.1. The number of nitrogens with one attached hydrogen (secondary N) is 2. The van der Waals surface area contributed by atoms with E-state index >= 15 is 0 Å². The van der Waals surface area contributed by atoms with Gasteiger partial charge in [0.15, 0.2) is 6.61 Å². The molecule has 9 heteroatoms. The molecule has 9 nitrogen and oxygen atoms in total. The molecule has 0 aliphatic carbocycles.